The molecule has 1 atom stereocenters. The quantitative estimate of drug-likeness (QED) is 0.220. The van der Waals surface area contributed by atoms with Crippen LogP contribution in [0.2, 0.25) is 0 Å². The van der Waals surface area contributed by atoms with Crippen LogP contribution in [0.15, 0.2) is 99.1 Å². The van der Waals surface area contributed by atoms with Crippen LogP contribution in [0.4, 0.5) is 0 Å². The van der Waals surface area contributed by atoms with Gasteiger partial charge in [-0.1, -0.05) is 72.0 Å². The van der Waals surface area contributed by atoms with Gasteiger partial charge in [-0.25, -0.2) is 9.79 Å². The molecule has 8 heteroatoms. The van der Waals surface area contributed by atoms with Crippen LogP contribution in [0.1, 0.15) is 35.3 Å². The van der Waals surface area contributed by atoms with E-state index in [0.29, 0.717) is 20.6 Å². The Kier molecular flexibility index (Phi) is 7.04. The highest BCUT2D eigenvalue weighted by molar-refractivity contribution is 7.98. The van der Waals surface area contributed by atoms with Gasteiger partial charge in [-0.05, 0) is 49.9 Å². The van der Waals surface area contributed by atoms with Gasteiger partial charge in [-0.2, -0.15) is 0 Å². The van der Waals surface area contributed by atoms with E-state index in [1.807, 2.05) is 98.1 Å². The summed E-state index contributed by atoms with van der Waals surface area (Å²) in [6, 6.07) is 24.9. The lowest BCUT2D eigenvalue weighted by atomic mass is 9.93. The van der Waals surface area contributed by atoms with E-state index >= 15 is 0 Å². The molecule has 2 aromatic heterocycles. The van der Waals surface area contributed by atoms with Crippen molar-refractivity contribution < 1.29 is 9.53 Å². The maximum Gasteiger partial charge on any atom is 0.338 e. The topological polar surface area (TPSA) is 76.4 Å². The highest BCUT2D eigenvalue weighted by Crippen LogP contribution is 2.35. The van der Waals surface area contributed by atoms with E-state index in [2.05, 4.69) is 4.98 Å². The molecule has 1 aliphatic rings. The minimum absolute atomic E-state index is 0.193. The van der Waals surface area contributed by atoms with Gasteiger partial charge in [0.05, 0.1) is 28.5 Å². The van der Waals surface area contributed by atoms with Gasteiger partial charge in [0.15, 0.2) is 4.80 Å². The summed E-state index contributed by atoms with van der Waals surface area (Å²) >= 11 is 2.97. The number of thiazole rings is 1. The third kappa shape index (κ3) is 4.53. The summed E-state index contributed by atoms with van der Waals surface area (Å²) in [6.07, 6.45) is 3.95. The minimum Gasteiger partial charge on any atom is -0.463 e. The van der Waals surface area contributed by atoms with Crippen LogP contribution in [-0.2, 0) is 9.53 Å². The molecule has 1 N–H and O–H groups in total. The smallest absolute Gasteiger partial charge is 0.338 e. The number of nitrogens with zero attached hydrogens (tertiary/aromatic N) is 2. The van der Waals surface area contributed by atoms with Gasteiger partial charge < -0.3 is 9.72 Å². The summed E-state index contributed by atoms with van der Waals surface area (Å²) in [5, 5.41) is 1.05. The number of aromatic amines is 1. The number of para-hydroxylation sites is 1. The molecule has 0 bridgehead atoms. The lowest BCUT2D eigenvalue weighted by molar-refractivity contribution is -0.138. The van der Waals surface area contributed by atoms with Crippen molar-refractivity contribution in [3.63, 3.8) is 0 Å². The van der Waals surface area contributed by atoms with Crippen LogP contribution in [-0.4, -0.2) is 28.4 Å². The van der Waals surface area contributed by atoms with Crippen LogP contribution in [0.25, 0.3) is 22.7 Å². The van der Waals surface area contributed by atoms with E-state index in [1.165, 1.54) is 11.3 Å². The molecule has 0 fully saturated rings. The number of rotatable bonds is 6. The average Bonchev–Trinajstić information content (AvgIpc) is 3.47. The van der Waals surface area contributed by atoms with Crippen molar-refractivity contribution >= 4 is 51.7 Å². The number of hydrogen-bond donors (Lipinski definition) is 1. The predicted octanol–water partition coefficient (Wildman–Crippen LogP) is 5.45. The Morgan fingerprint density at radius 3 is 2.52 bits per heavy atom. The number of aromatic nitrogens is 2. The molecule has 3 heterocycles. The summed E-state index contributed by atoms with van der Waals surface area (Å²) in [6.45, 7) is 4.00. The fourth-order valence-corrected chi connectivity index (χ4v) is 6.55. The second-order valence-corrected chi connectivity index (χ2v) is 11.3. The highest BCUT2D eigenvalue weighted by atomic mass is 32.2. The number of carbonyl (C=O) groups is 1. The van der Waals surface area contributed by atoms with E-state index in [-0.39, 0.29) is 12.2 Å². The third-order valence-electron chi connectivity index (χ3n) is 7.02. The molecule has 6 nitrogen and oxygen atoms in total. The number of esters is 1. The number of ether oxygens (including phenoxy) is 1. The van der Waals surface area contributed by atoms with Crippen LogP contribution < -0.4 is 14.9 Å². The summed E-state index contributed by atoms with van der Waals surface area (Å²) in [5.41, 5.74) is 5.26. The normalized spacial score (nSPS) is 15.3. The first-order valence-corrected chi connectivity index (χ1v) is 15.0. The summed E-state index contributed by atoms with van der Waals surface area (Å²) < 4.78 is 7.75. The molecule has 0 amide bonds. The number of aryl methyl sites for hydroxylation is 1. The SMILES string of the molecule is CCOC(=O)C1=C(c2ccccc2)N=c2s/c(=C\c3c(C)[nH]c4ccccc34)c(=O)n2[C@@H]1c1ccc(SC)cc1. The molecule has 40 heavy (non-hydrogen) atoms. The Hall–Kier alpha value is -4.14. The molecule has 6 rings (SSSR count). The van der Waals surface area contributed by atoms with Crippen LogP contribution in [0.5, 0.6) is 0 Å². The zero-order chi connectivity index (χ0) is 27.8. The summed E-state index contributed by atoms with van der Waals surface area (Å²) in [7, 11) is 0. The third-order valence-corrected chi connectivity index (χ3v) is 8.75. The van der Waals surface area contributed by atoms with E-state index in [9.17, 15) is 9.59 Å². The maximum atomic E-state index is 14.2. The van der Waals surface area contributed by atoms with Gasteiger partial charge in [-0.15, -0.1) is 11.8 Å². The average molecular weight is 566 g/mol. The van der Waals surface area contributed by atoms with Crippen molar-refractivity contribution in [2.24, 2.45) is 4.99 Å². The largest absolute Gasteiger partial charge is 0.463 e. The fourth-order valence-electron chi connectivity index (χ4n) is 5.16. The standard InChI is InChI=1S/C32H27N3O3S2/c1-4-38-31(37)27-28(20-10-6-5-7-11-20)34-32-35(29(27)21-14-16-22(39-3)17-15-21)30(36)26(40-32)18-24-19(2)33-25-13-9-8-12-23(24)25/h5-18,29,33H,4H2,1-3H3/b26-18-/t29-/m1/s1. The number of thioether (sulfide) groups is 1. The van der Waals surface area contributed by atoms with Crippen LogP contribution in [0.3, 0.4) is 0 Å². The molecule has 0 radical (unpaired) electrons. The number of H-pyrrole nitrogens is 1. The second-order valence-electron chi connectivity index (χ2n) is 9.41. The molecule has 0 saturated carbocycles. The Bertz CT molecular complexity index is 1950. The Labute approximate surface area is 239 Å². The van der Waals surface area contributed by atoms with E-state index < -0.39 is 12.0 Å². The molecule has 200 valence electrons. The van der Waals surface area contributed by atoms with Crippen LogP contribution in [0, 0.1) is 6.92 Å². The van der Waals surface area contributed by atoms with Crippen molar-refractivity contribution in [2.75, 3.05) is 12.9 Å². The number of benzene rings is 3. The second kappa shape index (κ2) is 10.8. The first-order valence-electron chi connectivity index (χ1n) is 13.0. The first kappa shape index (κ1) is 26.1. The molecule has 0 saturated heterocycles. The maximum absolute atomic E-state index is 14.2. The van der Waals surface area contributed by atoms with Gasteiger partial charge in [0.1, 0.15) is 0 Å². The highest BCUT2D eigenvalue weighted by Gasteiger charge is 2.35. The van der Waals surface area contributed by atoms with Gasteiger partial charge in [-0.3, -0.25) is 9.36 Å². The number of nitrogens with one attached hydrogen (secondary N) is 1. The molecule has 0 spiro atoms. The fraction of sp³-hybridized carbons (Fsp3) is 0.156. The molecule has 3 aromatic carbocycles. The van der Waals surface area contributed by atoms with E-state index in [1.54, 1.807) is 23.3 Å². The van der Waals surface area contributed by atoms with Crippen molar-refractivity contribution in [1.29, 1.82) is 0 Å². The molecule has 5 aromatic rings. The van der Waals surface area contributed by atoms with E-state index in [0.717, 1.165) is 38.2 Å². The van der Waals surface area contributed by atoms with Gasteiger partial charge >= 0.3 is 5.97 Å². The predicted molar refractivity (Wildman–Crippen MR) is 162 cm³/mol. The molecular formula is C32H27N3O3S2. The van der Waals surface area contributed by atoms with Crippen molar-refractivity contribution in [2.45, 2.75) is 24.8 Å². The number of fused-ring (bicyclic) bond motifs is 2. The lowest BCUT2D eigenvalue weighted by Crippen LogP contribution is -2.40. The molecule has 1 aliphatic heterocycles. The van der Waals surface area contributed by atoms with E-state index in [4.69, 9.17) is 9.73 Å². The minimum atomic E-state index is -0.687. The monoisotopic (exact) mass is 565 g/mol. The summed E-state index contributed by atoms with van der Waals surface area (Å²) in [4.78, 5) is 37.7. The molecule has 0 unspecified atom stereocenters. The zero-order valence-corrected chi connectivity index (χ0v) is 23.9. The molecular weight excluding hydrogens is 539 g/mol. The van der Waals surface area contributed by atoms with Crippen molar-refractivity contribution in [1.82, 2.24) is 9.55 Å². The Morgan fingerprint density at radius 2 is 1.80 bits per heavy atom. The molecule has 0 aliphatic carbocycles. The van der Waals surface area contributed by atoms with Gasteiger partial charge in [0, 0.05) is 32.6 Å². The summed E-state index contributed by atoms with van der Waals surface area (Å²) in [5.74, 6) is -0.481. The zero-order valence-electron chi connectivity index (χ0n) is 22.3. The Morgan fingerprint density at radius 1 is 1.07 bits per heavy atom. The number of hydrogen-bond acceptors (Lipinski definition) is 6. The van der Waals surface area contributed by atoms with Gasteiger partial charge in [0.2, 0.25) is 0 Å². The lowest BCUT2D eigenvalue weighted by Gasteiger charge is -2.26. The Balaban J connectivity index is 1.66. The first-order chi connectivity index (χ1) is 19.5. The van der Waals surface area contributed by atoms with Crippen molar-refractivity contribution in [3.8, 4) is 0 Å². The van der Waals surface area contributed by atoms with Crippen LogP contribution >= 0.6 is 23.1 Å². The number of carbonyl (C=O) groups excluding carboxylic acids is 1. The van der Waals surface area contributed by atoms with Gasteiger partial charge in [0.25, 0.3) is 5.56 Å². The van der Waals surface area contributed by atoms with Crippen molar-refractivity contribution in [3.05, 3.63) is 127 Å².